The summed E-state index contributed by atoms with van der Waals surface area (Å²) in [6.45, 7) is 3.96. The number of aromatic amines is 1. The fourth-order valence-electron chi connectivity index (χ4n) is 4.12. The first-order valence-electron chi connectivity index (χ1n) is 9.93. The molecule has 0 radical (unpaired) electrons. The van der Waals surface area contributed by atoms with Gasteiger partial charge in [-0.3, -0.25) is 0 Å². The van der Waals surface area contributed by atoms with Gasteiger partial charge in [0, 0.05) is 36.2 Å². The molecule has 0 spiro atoms. The zero-order valence-electron chi connectivity index (χ0n) is 17.2. The van der Waals surface area contributed by atoms with E-state index in [0.29, 0.717) is 25.4 Å². The summed E-state index contributed by atoms with van der Waals surface area (Å²) in [7, 11) is 3.27. The molecular formula is C23H27N3O3. The molecule has 2 amide bonds. The van der Waals surface area contributed by atoms with Gasteiger partial charge in [0.15, 0.2) is 11.5 Å². The number of para-hydroxylation sites is 1. The van der Waals surface area contributed by atoms with Crippen LogP contribution in [0.5, 0.6) is 11.5 Å². The Kier molecular flexibility index (Phi) is 5.34. The van der Waals surface area contributed by atoms with Crippen molar-refractivity contribution in [2.45, 2.75) is 26.3 Å². The van der Waals surface area contributed by atoms with E-state index in [0.717, 1.165) is 35.4 Å². The third kappa shape index (κ3) is 3.75. The van der Waals surface area contributed by atoms with E-state index in [1.54, 1.807) is 14.2 Å². The van der Waals surface area contributed by atoms with Gasteiger partial charge in [-0.05, 0) is 54.7 Å². The number of ether oxygens (including phenoxy) is 2. The molecule has 0 unspecified atom stereocenters. The Morgan fingerprint density at radius 3 is 2.62 bits per heavy atom. The molecule has 2 N–H and O–H groups in total. The lowest BCUT2D eigenvalue weighted by molar-refractivity contribution is 0.192. The Balaban J connectivity index is 1.39. The van der Waals surface area contributed by atoms with Crippen molar-refractivity contribution >= 4 is 16.9 Å². The zero-order valence-corrected chi connectivity index (χ0v) is 17.2. The van der Waals surface area contributed by atoms with Crippen LogP contribution in [-0.4, -0.2) is 43.2 Å². The summed E-state index contributed by atoms with van der Waals surface area (Å²) >= 11 is 0. The molecule has 1 aliphatic heterocycles. The van der Waals surface area contributed by atoms with Gasteiger partial charge in [0.05, 0.1) is 14.2 Å². The first-order chi connectivity index (χ1) is 14.1. The SMILES string of the molecule is COc1cc2c(cc1OC)CN(C(=O)NCCc1c(C)[nH]c3ccccc13)CC2. The molecule has 0 bridgehead atoms. The van der Waals surface area contributed by atoms with Crippen LogP contribution in [0.1, 0.15) is 22.4 Å². The number of fused-ring (bicyclic) bond motifs is 2. The first-order valence-corrected chi connectivity index (χ1v) is 9.93. The molecule has 6 heteroatoms. The van der Waals surface area contributed by atoms with Gasteiger partial charge in [0.25, 0.3) is 0 Å². The number of amides is 2. The van der Waals surface area contributed by atoms with Crippen LogP contribution in [-0.2, 0) is 19.4 Å². The van der Waals surface area contributed by atoms with Gasteiger partial charge in [0.1, 0.15) is 0 Å². The van der Waals surface area contributed by atoms with E-state index in [4.69, 9.17) is 9.47 Å². The quantitative estimate of drug-likeness (QED) is 0.693. The zero-order chi connectivity index (χ0) is 20.4. The average Bonchev–Trinajstić information content (AvgIpc) is 3.07. The maximum atomic E-state index is 12.7. The van der Waals surface area contributed by atoms with Gasteiger partial charge in [0.2, 0.25) is 0 Å². The van der Waals surface area contributed by atoms with Crippen LogP contribution in [0.2, 0.25) is 0 Å². The molecule has 1 aliphatic rings. The van der Waals surface area contributed by atoms with E-state index in [-0.39, 0.29) is 6.03 Å². The largest absolute Gasteiger partial charge is 0.493 e. The maximum absolute atomic E-state index is 12.7. The molecule has 3 aromatic rings. The Labute approximate surface area is 170 Å². The van der Waals surface area contributed by atoms with Gasteiger partial charge in [-0.1, -0.05) is 18.2 Å². The molecule has 152 valence electrons. The highest BCUT2D eigenvalue weighted by atomic mass is 16.5. The summed E-state index contributed by atoms with van der Waals surface area (Å²) in [5.41, 5.74) is 5.89. The second-order valence-corrected chi connectivity index (χ2v) is 7.40. The monoisotopic (exact) mass is 393 g/mol. The Hall–Kier alpha value is -3.15. The highest BCUT2D eigenvalue weighted by Gasteiger charge is 2.22. The molecule has 0 atom stereocenters. The van der Waals surface area contributed by atoms with E-state index in [1.165, 1.54) is 16.5 Å². The molecule has 6 nitrogen and oxygen atoms in total. The molecule has 29 heavy (non-hydrogen) atoms. The highest BCUT2D eigenvalue weighted by molar-refractivity contribution is 5.84. The van der Waals surface area contributed by atoms with Crippen molar-refractivity contribution in [1.29, 1.82) is 0 Å². The van der Waals surface area contributed by atoms with Crippen LogP contribution in [0, 0.1) is 6.92 Å². The Morgan fingerprint density at radius 1 is 1.14 bits per heavy atom. The number of hydrogen-bond donors (Lipinski definition) is 2. The van der Waals surface area contributed by atoms with Crippen LogP contribution in [0.15, 0.2) is 36.4 Å². The minimum absolute atomic E-state index is 0.0251. The Morgan fingerprint density at radius 2 is 1.86 bits per heavy atom. The molecule has 0 saturated carbocycles. The second kappa shape index (κ2) is 8.07. The summed E-state index contributed by atoms with van der Waals surface area (Å²) in [6.07, 6.45) is 1.61. The van der Waals surface area contributed by atoms with Crippen molar-refractivity contribution in [2.24, 2.45) is 0 Å². The molecule has 0 saturated heterocycles. The van der Waals surface area contributed by atoms with Crippen LogP contribution in [0.25, 0.3) is 10.9 Å². The van der Waals surface area contributed by atoms with Gasteiger partial charge in [-0.25, -0.2) is 4.79 Å². The van der Waals surface area contributed by atoms with Crippen molar-refractivity contribution in [3.8, 4) is 11.5 Å². The van der Waals surface area contributed by atoms with Crippen molar-refractivity contribution in [1.82, 2.24) is 15.2 Å². The minimum atomic E-state index is -0.0251. The number of benzene rings is 2. The number of carbonyl (C=O) groups excluding carboxylic acids is 1. The van der Waals surface area contributed by atoms with E-state index < -0.39 is 0 Å². The van der Waals surface area contributed by atoms with Crippen LogP contribution in [0.4, 0.5) is 4.79 Å². The number of carbonyl (C=O) groups is 1. The lowest BCUT2D eigenvalue weighted by Gasteiger charge is -2.29. The molecule has 0 fully saturated rings. The number of hydrogen-bond acceptors (Lipinski definition) is 3. The van der Waals surface area contributed by atoms with Crippen molar-refractivity contribution in [2.75, 3.05) is 27.3 Å². The second-order valence-electron chi connectivity index (χ2n) is 7.40. The number of aromatic nitrogens is 1. The number of aryl methyl sites for hydroxylation is 1. The fraction of sp³-hybridized carbons (Fsp3) is 0.348. The van der Waals surface area contributed by atoms with Crippen LogP contribution < -0.4 is 14.8 Å². The smallest absolute Gasteiger partial charge is 0.317 e. The summed E-state index contributed by atoms with van der Waals surface area (Å²) < 4.78 is 10.8. The van der Waals surface area contributed by atoms with E-state index in [2.05, 4.69) is 29.4 Å². The van der Waals surface area contributed by atoms with E-state index in [9.17, 15) is 4.79 Å². The number of rotatable bonds is 5. The molecule has 2 aromatic carbocycles. The van der Waals surface area contributed by atoms with E-state index >= 15 is 0 Å². The molecule has 2 heterocycles. The van der Waals surface area contributed by atoms with Crippen LogP contribution in [0.3, 0.4) is 0 Å². The topological polar surface area (TPSA) is 66.6 Å². The lowest BCUT2D eigenvalue weighted by Crippen LogP contribution is -2.43. The van der Waals surface area contributed by atoms with Gasteiger partial charge in [-0.15, -0.1) is 0 Å². The summed E-state index contributed by atoms with van der Waals surface area (Å²) in [5, 5.41) is 4.31. The average molecular weight is 393 g/mol. The summed E-state index contributed by atoms with van der Waals surface area (Å²) in [4.78, 5) is 18.0. The molecule has 0 aliphatic carbocycles. The first kappa shape index (κ1) is 19.2. The normalized spacial score (nSPS) is 13.3. The predicted molar refractivity (Wildman–Crippen MR) is 114 cm³/mol. The van der Waals surface area contributed by atoms with Crippen LogP contribution >= 0.6 is 0 Å². The van der Waals surface area contributed by atoms with Crippen molar-refractivity contribution < 1.29 is 14.3 Å². The standard InChI is InChI=1S/C23H27N3O3/c1-15-18(19-6-4-5-7-20(19)25-15)8-10-24-23(27)26-11-9-16-12-21(28-2)22(29-3)13-17(16)14-26/h4-7,12-13,25H,8-11,14H2,1-3H3,(H,24,27). The maximum Gasteiger partial charge on any atom is 0.317 e. The third-order valence-electron chi connectivity index (χ3n) is 5.68. The number of methoxy groups -OCH3 is 2. The number of nitrogens with zero attached hydrogens (tertiary/aromatic N) is 1. The fourth-order valence-corrected chi connectivity index (χ4v) is 4.12. The third-order valence-corrected chi connectivity index (χ3v) is 5.68. The summed E-state index contributed by atoms with van der Waals surface area (Å²) in [5.74, 6) is 1.43. The van der Waals surface area contributed by atoms with Crippen molar-refractivity contribution in [3.05, 3.63) is 58.8 Å². The predicted octanol–water partition coefficient (Wildman–Crippen LogP) is 3.80. The number of nitrogens with one attached hydrogen (secondary N) is 2. The molecule has 4 rings (SSSR count). The van der Waals surface area contributed by atoms with Gasteiger partial charge >= 0.3 is 6.03 Å². The summed E-state index contributed by atoms with van der Waals surface area (Å²) in [6, 6.07) is 12.3. The van der Waals surface area contributed by atoms with Gasteiger partial charge < -0.3 is 24.7 Å². The lowest BCUT2D eigenvalue weighted by atomic mass is 9.99. The minimum Gasteiger partial charge on any atom is -0.493 e. The molecular weight excluding hydrogens is 366 g/mol. The number of H-pyrrole nitrogens is 1. The van der Waals surface area contributed by atoms with Gasteiger partial charge in [-0.2, -0.15) is 0 Å². The molecule has 1 aromatic heterocycles. The van der Waals surface area contributed by atoms with Crippen molar-refractivity contribution in [3.63, 3.8) is 0 Å². The van der Waals surface area contributed by atoms with E-state index in [1.807, 2.05) is 29.2 Å². The Bertz CT molecular complexity index is 1040. The highest BCUT2D eigenvalue weighted by Crippen LogP contribution is 2.33. The number of urea groups is 1.